The molecule has 1 saturated heterocycles. The van der Waals surface area contributed by atoms with Crippen molar-refractivity contribution in [1.82, 2.24) is 14.1 Å². The lowest BCUT2D eigenvalue weighted by Crippen LogP contribution is -2.25. The highest BCUT2D eigenvalue weighted by Gasteiger charge is 2.22. The fourth-order valence-corrected chi connectivity index (χ4v) is 6.76. The second-order valence-electron chi connectivity index (χ2n) is 11.9. The Kier molecular flexibility index (Phi) is 10.5. The van der Waals surface area contributed by atoms with E-state index in [4.69, 9.17) is 14.8 Å². The second kappa shape index (κ2) is 13.2. The number of aliphatic hydroxyl groups is 1. The maximum atomic E-state index is 12.2. The molecule has 1 fully saturated rings. The molecule has 0 amide bonds. The van der Waals surface area contributed by atoms with Crippen molar-refractivity contribution in [2.24, 2.45) is 13.0 Å². The van der Waals surface area contributed by atoms with Crippen LogP contribution in [0.2, 0.25) is 0 Å². The third-order valence-electron chi connectivity index (χ3n) is 7.00. The number of imidazole rings is 1. The van der Waals surface area contributed by atoms with E-state index >= 15 is 0 Å². The Labute approximate surface area is 234 Å². The van der Waals surface area contributed by atoms with Crippen molar-refractivity contribution >= 4 is 24.9 Å². The Morgan fingerprint density at radius 1 is 1.23 bits per heavy atom. The van der Waals surface area contributed by atoms with E-state index in [0.717, 1.165) is 35.4 Å². The zero-order chi connectivity index (χ0) is 28.9. The van der Waals surface area contributed by atoms with Crippen LogP contribution in [-0.2, 0) is 29.5 Å². The number of hydrogen-bond acceptors (Lipinski definition) is 5. The molecule has 0 unspecified atom stereocenters. The summed E-state index contributed by atoms with van der Waals surface area (Å²) in [4.78, 5) is 28.1. The lowest BCUT2D eigenvalue weighted by atomic mass is 10.0. The zero-order valence-electron chi connectivity index (χ0n) is 25.0. The molecular weight excluding hydrogens is 509 g/mol. The molecule has 3 heterocycles. The van der Waals surface area contributed by atoms with E-state index in [-0.39, 0.29) is 25.9 Å². The first-order valence-electron chi connectivity index (χ1n) is 14.0. The van der Waals surface area contributed by atoms with Gasteiger partial charge in [0, 0.05) is 30.9 Å². The van der Waals surface area contributed by atoms with Crippen molar-refractivity contribution in [3.8, 4) is 11.4 Å². The Morgan fingerprint density at radius 2 is 1.90 bits per heavy atom. The number of pyridine rings is 1. The van der Waals surface area contributed by atoms with Crippen molar-refractivity contribution in [1.29, 1.82) is 0 Å². The molecule has 214 valence electrons. The van der Waals surface area contributed by atoms with Gasteiger partial charge in [0.25, 0.3) is 5.56 Å². The molecule has 1 aliphatic heterocycles. The summed E-state index contributed by atoms with van der Waals surface area (Å²) in [6.07, 6.45) is 7.82. The van der Waals surface area contributed by atoms with Crippen LogP contribution in [0.1, 0.15) is 65.0 Å². The van der Waals surface area contributed by atoms with Gasteiger partial charge < -0.3 is 19.0 Å². The highest BCUT2D eigenvalue weighted by Crippen LogP contribution is 2.41. The van der Waals surface area contributed by atoms with Crippen molar-refractivity contribution in [2.45, 2.75) is 85.5 Å². The van der Waals surface area contributed by atoms with E-state index in [1.165, 1.54) is 36.2 Å². The molecule has 0 aliphatic carbocycles. The van der Waals surface area contributed by atoms with E-state index in [9.17, 15) is 9.59 Å². The number of fused-ring (bicyclic) bond motifs is 1. The Bertz CT molecular complexity index is 1300. The largest absolute Gasteiger partial charge is 0.460 e. The van der Waals surface area contributed by atoms with Crippen LogP contribution in [0.3, 0.4) is 0 Å². The monoisotopic (exact) mass is 555 g/mol. The Hall–Kier alpha value is -2.50. The summed E-state index contributed by atoms with van der Waals surface area (Å²) < 4.78 is 9.05. The molecule has 0 bridgehead atoms. The van der Waals surface area contributed by atoms with Gasteiger partial charge in [0.2, 0.25) is 0 Å². The number of benzene rings is 1. The standard InChI is InChI=1S/C23H30N3OP.C8H16O3/c1-5-17-6-7-20-21(13-17)26(14-18-8-10-28(4)11-9-18)22(24-20)19-12-16(2)23(27)25(3)15-19;1-6(9)5-7(10)11-8(2,3)4/h6-7,12-13,15,18H,5,8-11,14H2,1-4H3;6,9H,5H2,1-4H3/t;6-/m.1/s1. The molecule has 0 spiro atoms. The zero-order valence-corrected chi connectivity index (χ0v) is 25.8. The van der Waals surface area contributed by atoms with Crippen LogP contribution in [0.5, 0.6) is 0 Å². The fraction of sp³-hybridized carbons (Fsp3) is 0.581. The Morgan fingerprint density at radius 3 is 2.46 bits per heavy atom. The molecule has 1 aromatic carbocycles. The number of nitrogens with zero attached hydrogens (tertiary/aromatic N) is 3. The quantitative estimate of drug-likeness (QED) is 0.303. The Balaban J connectivity index is 0.000000325. The van der Waals surface area contributed by atoms with Crippen LogP contribution < -0.4 is 5.56 Å². The van der Waals surface area contributed by atoms with Crippen molar-refractivity contribution in [3.05, 3.63) is 51.9 Å². The second-order valence-corrected chi connectivity index (χ2v) is 14.5. The molecule has 0 radical (unpaired) electrons. The van der Waals surface area contributed by atoms with Gasteiger partial charge in [-0.25, -0.2) is 4.98 Å². The predicted octanol–water partition coefficient (Wildman–Crippen LogP) is 5.89. The van der Waals surface area contributed by atoms with E-state index < -0.39 is 11.7 Å². The molecule has 39 heavy (non-hydrogen) atoms. The molecule has 8 heteroatoms. The number of esters is 1. The first kappa shape index (κ1) is 31.0. The van der Waals surface area contributed by atoms with Gasteiger partial charge in [0.1, 0.15) is 11.4 Å². The minimum atomic E-state index is -0.621. The maximum absolute atomic E-state index is 12.2. The van der Waals surface area contributed by atoms with Crippen molar-refractivity contribution in [3.63, 3.8) is 0 Å². The summed E-state index contributed by atoms with van der Waals surface area (Å²) in [6.45, 7) is 14.5. The highest BCUT2D eigenvalue weighted by molar-refractivity contribution is 7.56. The number of carbonyl (C=O) groups is 1. The van der Waals surface area contributed by atoms with Crippen molar-refractivity contribution < 1.29 is 14.6 Å². The topological polar surface area (TPSA) is 86.4 Å². The van der Waals surface area contributed by atoms with Gasteiger partial charge in [-0.2, -0.15) is 0 Å². The summed E-state index contributed by atoms with van der Waals surface area (Å²) >= 11 is 0. The van der Waals surface area contributed by atoms with E-state index in [1.807, 2.05) is 26.2 Å². The lowest BCUT2D eigenvalue weighted by Gasteiger charge is -2.27. The summed E-state index contributed by atoms with van der Waals surface area (Å²) in [5.74, 6) is 1.35. The number of aryl methyl sites for hydroxylation is 3. The molecule has 1 N–H and O–H groups in total. The van der Waals surface area contributed by atoms with Gasteiger partial charge in [0.05, 0.1) is 23.6 Å². The average Bonchev–Trinajstić information content (AvgIpc) is 3.19. The molecule has 3 aromatic rings. The highest BCUT2D eigenvalue weighted by atomic mass is 31.1. The van der Waals surface area contributed by atoms with Crippen molar-refractivity contribution in [2.75, 3.05) is 19.0 Å². The summed E-state index contributed by atoms with van der Waals surface area (Å²) in [7, 11) is 2.07. The van der Waals surface area contributed by atoms with Crippen LogP contribution >= 0.6 is 7.92 Å². The van der Waals surface area contributed by atoms with Gasteiger partial charge in [-0.15, -0.1) is 7.92 Å². The van der Waals surface area contributed by atoms with Gasteiger partial charge >= 0.3 is 5.97 Å². The van der Waals surface area contributed by atoms with Crippen LogP contribution in [0.25, 0.3) is 22.4 Å². The summed E-state index contributed by atoms with van der Waals surface area (Å²) in [6, 6.07) is 8.62. The smallest absolute Gasteiger partial charge is 0.308 e. The van der Waals surface area contributed by atoms with Crippen LogP contribution in [0.15, 0.2) is 35.3 Å². The van der Waals surface area contributed by atoms with Crippen LogP contribution in [0, 0.1) is 12.8 Å². The maximum Gasteiger partial charge on any atom is 0.308 e. The van der Waals surface area contributed by atoms with Gasteiger partial charge in [-0.05, 0) is 103 Å². The molecule has 2 aromatic heterocycles. The van der Waals surface area contributed by atoms with E-state index in [1.54, 1.807) is 32.3 Å². The molecule has 7 nitrogen and oxygen atoms in total. The van der Waals surface area contributed by atoms with Gasteiger partial charge in [0.15, 0.2) is 0 Å². The SMILES string of the molecule is CCc1ccc2nc(-c3cc(C)c(=O)n(C)c3)n(CC3CCP(C)CC3)c2c1.C[C@@H](O)CC(=O)OC(C)(C)C. The third-order valence-corrected chi connectivity index (χ3v) is 9.05. The molecule has 4 rings (SSSR count). The fourth-order valence-electron chi connectivity index (χ4n) is 4.92. The number of ether oxygens (including phenoxy) is 1. The van der Waals surface area contributed by atoms with Gasteiger partial charge in [-0.1, -0.05) is 13.0 Å². The average molecular weight is 556 g/mol. The number of hydrogen-bond donors (Lipinski definition) is 1. The van der Waals surface area contributed by atoms with E-state index in [0.29, 0.717) is 5.92 Å². The van der Waals surface area contributed by atoms with E-state index in [2.05, 4.69) is 36.4 Å². The van der Waals surface area contributed by atoms with Crippen LogP contribution in [-0.4, -0.2) is 55.9 Å². The molecule has 0 saturated carbocycles. The molecular formula is C31H46N3O4P. The van der Waals surface area contributed by atoms with Crippen LogP contribution in [0.4, 0.5) is 0 Å². The normalized spacial score (nSPS) is 18.4. The first-order chi connectivity index (χ1) is 18.3. The first-order valence-corrected chi connectivity index (χ1v) is 16.2. The number of carbonyl (C=O) groups excluding carboxylic acids is 1. The third kappa shape index (κ3) is 8.74. The minimum absolute atomic E-state index is 0.0586. The number of rotatable bonds is 6. The van der Waals surface area contributed by atoms with Gasteiger partial charge in [-0.3, -0.25) is 9.59 Å². The molecule has 1 atom stereocenters. The number of aliphatic hydroxyl groups excluding tert-OH is 1. The molecule has 1 aliphatic rings. The lowest BCUT2D eigenvalue weighted by molar-refractivity contribution is -0.156. The number of aromatic nitrogens is 3. The minimum Gasteiger partial charge on any atom is -0.460 e. The summed E-state index contributed by atoms with van der Waals surface area (Å²) in [5, 5.41) is 8.82. The summed E-state index contributed by atoms with van der Waals surface area (Å²) in [5.41, 5.74) is 5.02. The predicted molar refractivity (Wildman–Crippen MR) is 162 cm³/mol.